The first-order valence-corrected chi connectivity index (χ1v) is 10.0. The second kappa shape index (κ2) is 8.41. The van der Waals surface area contributed by atoms with Gasteiger partial charge < -0.3 is 14.4 Å². The van der Waals surface area contributed by atoms with E-state index in [9.17, 15) is 9.90 Å². The molecule has 1 N–H and O–H groups in total. The molecular weight excluding hydrogens is 418 g/mol. The largest absolute Gasteiger partial charge is 0.476 e. The molecule has 0 spiro atoms. The number of benzene rings is 2. The van der Waals surface area contributed by atoms with Gasteiger partial charge in [-0.3, -0.25) is 4.90 Å². The molecule has 0 saturated carbocycles. The summed E-state index contributed by atoms with van der Waals surface area (Å²) in [5, 5.41) is 14.6. The van der Waals surface area contributed by atoms with Gasteiger partial charge in [-0.15, -0.1) is 5.10 Å². The van der Waals surface area contributed by atoms with Crippen LogP contribution in [-0.2, 0) is 13.1 Å². The molecular formula is C22H22ClN5O3. The molecule has 31 heavy (non-hydrogen) atoms. The molecule has 0 bridgehead atoms. The number of aromatic carboxylic acids is 1. The molecule has 4 rings (SSSR count). The second-order valence-corrected chi connectivity index (χ2v) is 7.93. The number of halogens is 1. The number of carboxylic acids is 1. The molecule has 0 aliphatic heterocycles. The van der Waals surface area contributed by atoms with Crippen LogP contribution in [0.25, 0.3) is 17.2 Å². The molecule has 9 heteroatoms. The van der Waals surface area contributed by atoms with Gasteiger partial charge in [0.1, 0.15) is 0 Å². The highest BCUT2D eigenvalue weighted by atomic mass is 35.5. The van der Waals surface area contributed by atoms with E-state index in [0.29, 0.717) is 35.3 Å². The minimum absolute atomic E-state index is 0.0457. The lowest BCUT2D eigenvalue weighted by atomic mass is 10.2. The number of fused-ring (bicyclic) bond motifs is 1. The van der Waals surface area contributed by atoms with Crippen LogP contribution in [0.2, 0.25) is 5.02 Å². The highest BCUT2D eigenvalue weighted by Gasteiger charge is 2.25. The number of carbonyl (C=O) groups is 1. The summed E-state index contributed by atoms with van der Waals surface area (Å²) in [5.41, 5.74) is 2.79. The van der Waals surface area contributed by atoms with Crippen molar-refractivity contribution < 1.29 is 14.3 Å². The number of carboxylic acid groups (broad SMARTS) is 1. The Bertz CT molecular complexity index is 1230. The van der Waals surface area contributed by atoms with E-state index >= 15 is 0 Å². The van der Waals surface area contributed by atoms with E-state index in [1.807, 2.05) is 49.1 Å². The molecule has 2 aromatic heterocycles. The van der Waals surface area contributed by atoms with Gasteiger partial charge in [-0.2, -0.15) is 9.50 Å². The van der Waals surface area contributed by atoms with Crippen molar-refractivity contribution >= 4 is 29.1 Å². The van der Waals surface area contributed by atoms with Gasteiger partial charge in [0.25, 0.3) is 0 Å². The number of hydrogen-bond donors (Lipinski definition) is 1. The quantitative estimate of drug-likeness (QED) is 0.465. The maximum absolute atomic E-state index is 12.0. The highest BCUT2D eigenvalue weighted by molar-refractivity contribution is 6.33. The van der Waals surface area contributed by atoms with Crippen molar-refractivity contribution in [2.45, 2.75) is 13.1 Å². The van der Waals surface area contributed by atoms with Crippen molar-refractivity contribution in [3.8, 4) is 11.4 Å². The summed E-state index contributed by atoms with van der Waals surface area (Å²) in [4.78, 5) is 20.3. The minimum atomic E-state index is -1.13. The molecule has 0 amide bonds. The first-order valence-electron chi connectivity index (χ1n) is 9.65. The number of anilines is 1. The average molecular weight is 440 g/mol. The topological polar surface area (TPSA) is 87.1 Å². The van der Waals surface area contributed by atoms with E-state index in [2.05, 4.69) is 22.2 Å². The van der Waals surface area contributed by atoms with Gasteiger partial charge in [-0.25, -0.2) is 4.79 Å². The zero-order chi connectivity index (χ0) is 22.1. The molecule has 0 radical (unpaired) electrons. The monoisotopic (exact) mass is 439 g/mol. The fraction of sp³-hybridized carbons (Fsp3) is 0.227. The fourth-order valence-electron chi connectivity index (χ4n) is 3.37. The van der Waals surface area contributed by atoms with Crippen molar-refractivity contribution in [3.05, 3.63) is 70.6 Å². The van der Waals surface area contributed by atoms with Crippen LogP contribution in [0.5, 0.6) is 0 Å². The smallest absolute Gasteiger partial charge is 0.358 e. The van der Waals surface area contributed by atoms with Crippen LogP contribution in [0.4, 0.5) is 5.69 Å². The zero-order valence-electron chi connectivity index (χ0n) is 17.4. The predicted molar refractivity (Wildman–Crippen MR) is 119 cm³/mol. The maximum Gasteiger partial charge on any atom is 0.358 e. The first-order chi connectivity index (χ1) is 14.8. The van der Waals surface area contributed by atoms with Crippen LogP contribution in [0, 0.1) is 0 Å². The minimum Gasteiger partial charge on any atom is -0.476 e. The van der Waals surface area contributed by atoms with E-state index in [-0.39, 0.29) is 11.5 Å². The molecule has 0 atom stereocenters. The van der Waals surface area contributed by atoms with Crippen LogP contribution in [0.1, 0.15) is 21.8 Å². The number of hydrogen-bond acceptors (Lipinski definition) is 6. The number of nitrogens with zero attached hydrogens (tertiary/aromatic N) is 5. The highest BCUT2D eigenvalue weighted by Crippen LogP contribution is 2.27. The van der Waals surface area contributed by atoms with Gasteiger partial charge in [0.05, 0.1) is 11.6 Å². The lowest BCUT2D eigenvalue weighted by molar-refractivity contribution is 0.0684. The van der Waals surface area contributed by atoms with Crippen LogP contribution < -0.4 is 4.90 Å². The van der Waals surface area contributed by atoms with Crippen LogP contribution in [0.15, 0.2) is 52.9 Å². The normalized spacial score (nSPS) is 11.4. The molecule has 0 aliphatic rings. The van der Waals surface area contributed by atoms with Crippen molar-refractivity contribution in [1.82, 2.24) is 19.5 Å². The summed E-state index contributed by atoms with van der Waals surface area (Å²) in [6.45, 7) is 0.928. The summed E-state index contributed by atoms with van der Waals surface area (Å²) >= 11 is 6.21. The molecule has 0 fully saturated rings. The number of rotatable bonds is 7. The van der Waals surface area contributed by atoms with Crippen LogP contribution in [0.3, 0.4) is 0 Å². The first kappa shape index (κ1) is 20.9. The average Bonchev–Trinajstić information content (AvgIpc) is 3.25. The van der Waals surface area contributed by atoms with E-state index in [1.165, 1.54) is 4.52 Å². The Balaban J connectivity index is 1.58. The summed E-state index contributed by atoms with van der Waals surface area (Å²) in [5.74, 6) is -0.410. The predicted octanol–water partition coefficient (Wildman–Crippen LogP) is 4.04. The summed E-state index contributed by atoms with van der Waals surface area (Å²) in [6, 6.07) is 15.3. The van der Waals surface area contributed by atoms with Crippen molar-refractivity contribution in [2.75, 3.05) is 26.0 Å². The van der Waals surface area contributed by atoms with Crippen molar-refractivity contribution in [2.24, 2.45) is 0 Å². The Morgan fingerprint density at radius 2 is 1.81 bits per heavy atom. The molecule has 0 unspecified atom stereocenters. The Morgan fingerprint density at radius 3 is 2.45 bits per heavy atom. The third-order valence-electron chi connectivity index (χ3n) is 4.90. The summed E-state index contributed by atoms with van der Waals surface area (Å²) in [7, 11) is 5.89. The van der Waals surface area contributed by atoms with E-state index < -0.39 is 5.97 Å². The van der Waals surface area contributed by atoms with Gasteiger partial charge in [0.2, 0.25) is 0 Å². The van der Waals surface area contributed by atoms with Crippen LogP contribution >= 0.6 is 11.6 Å². The Kier molecular flexibility index (Phi) is 5.67. The molecule has 2 heterocycles. The standard InChI is InChI=1S/C22H22ClN5O3/c1-26(2)15-10-8-14(9-11-15)12-27(3)13-18-19(21(29)30)28-22(31-18)24-20(25-28)16-6-4-5-7-17(16)23/h4-11H,12-13H2,1-3H3,(H,29,30). The summed E-state index contributed by atoms with van der Waals surface area (Å²) in [6.07, 6.45) is 0. The maximum atomic E-state index is 12.0. The molecule has 8 nitrogen and oxygen atoms in total. The van der Waals surface area contributed by atoms with Gasteiger partial charge in [0.15, 0.2) is 17.3 Å². The molecule has 160 valence electrons. The lowest BCUT2D eigenvalue weighted by Gasteiger charge is -2.17. The summed E-state index contributed by atoms with van der Waals surface area (Å²) < 4.78 is 7.00. The van der Waals surface area contributed by atoms with Crippen molar-refractivity contribution in [1.29, 1.82) is 0 Å². The number of oxazole rings is 1. The van der Waals surface area contributed by atoms with Gasteiger partial charge in [0, 0.05) is 31.9 Å². The third kappa shape index (κ3) is 4.26. The lowest BCUT2D eigenvalue weighted by Crippen LogP contribution is -2.19. The van der Waals surface area contributed by atoms with E-state index in [4.69, 9.17) is 16.0 Å². The Hall–Kier alpha value is -3.36. The molecule has 0 aliphatic carbocycles. The number of aromatic nitrogens is 3. The van der Waals surface area contributed by atoms with Gasteiger partial charge in [-0.05, 0) is 36.9 Å². The van der Waals surface area contributed by atoms with Gasteiger partial charge in [-0.1, -0.05) is 35.9 Å². The third-order valence-corrected chi connectivity index (χ3v) is 5.23. The van der Waals surface area contributed by atoms with Crippen LogP contribution in [-0.4, -0.2) is 51.7 Å². The van der Waals surface area contributed by atoms with Gasteiger partial charge >= 0.3 is 11.8 Å². The Morgan fingerprint density at radius 1 is 1.10 bits per heavy atom. The zero-order valence-corrected chi connectivity index (χ0v) is 18.2. The molecule has 0 saturated heterocycles. The molecule has 2 aromatic carbocycles. The SMILES string of the molecule is CN(Cc1ccc(N(C)C)cc1)Cc1oc2nc(-c3ccccc3Cl)nn2c1C(=O)O. The van der Waals surface area contributed by atoms with E-state index in [0.717, 1.165) is 11.3 Å². The fourth-order valence-corrected chi connectivity index (χ4v) is 3.59. The Labute approximate surface area is 184 Å². The van der Waals surface area contributed by atoms with E-state index in [1.54, 1.807) is 18.2 Å². The van der Waals surface area contributed by atoms with Crippen molar-refractivity contribution in [3.63, 3.8) is 0 Å². The molecule has 4 aromatic rings. The second-order valence-electron chi connectivity index (χ2n) is 7.52.